The molecule has 0 bridgehead atoms. The molecular weight excluding hydrogens is 312 g/mol. The number of carbonyl (C=O) groups is 1. The van der Waals surface area contributed by atoms with Gasteiger partial charge in [-0.15, -0.1) is 0 Å². The molecule has 0 radical (unpaired) electrons. The Morgan fingerprint density at radius 2 is 2.12 bits per heavy atom. The number of hydrogen-bond acceptors (Lipinski definition) is 6. The van der Waals surface area contributed by atoms with Gasteiger partial charge in [-0.2, -0.15) is 0 Å². The predicted molar refractivity (Wildman–Crippen MR) is 84.3 cm³/mol. The van der Waals surface area contributed by atoms with Gasteiger partial charge in [0.15, 0.2) is 11.5 Å². The van der Waals surface area contributed by atoms with Crippen molar-refractivity contribution >= 4 is 5.91 Å². The summed E-state index contributed by atoms with van der Waals surface area (Å²) < 4.78 is 21.4. The third-order valence-corrected chi connectivity index (χ3v) is 3.52. The van der Waals surface area contributed by atoms with Gasteiger partial charge in [-0.3, -0.25) is 4.79 Å². The van der Waals surface area contributed by atoms with Crippen molar-refractivity contribution in [1.82, 2.24) is 10.5 Å². The van der Waals surface area contributed by atoms with E-state index in [0.717, 1.165) is 5.56 Å². The molecule has 2 heterocycles. The van der Waals surface area contributed by atoms with Crippen LogP contribution in [-0.2, 0) is 27.4 Å². The van der Waals surface area contributed by atoms with E-state index in [1.807, 2.05) is 30.3 Å². The van der Waals surface area contributed by atoms with Gasteiger partial charge in [0.2, 0.25) is 0 Å². The molecule has 1 aromatic heterocycles. The van der Waals surface area contributed by atoms with Crippen molar-refractivity contribution in [3.05, 3.63) is 53.4 Å². The number of carbonyl (C=O) groups excluding carboxylic acids is 1. The molecule has 1 fully saturated rings. The Labute approximate surface area is 139 Å². The molecule has 2 aromatic rings. The Bertz CT molecular complexity index is 637. The molecule has 0 aliphatic carbocycles. The van der Waals surface area contributed by atoms with Crippen LogP contribution in [0.3, 0.4) is 0 Å². The van der Waals surface area contributed by atoms with Gasteiger partial charge in [-0.1, -0.05) is 35.5 Å². The van der Waals surface area contributed by atoms with E-state index in [9.17, 15) is 4.79 Å². The van der Waals surface area contributed by atoms with E-state index in [0.29, 0.717) is 38.7 Å². The van der Waals surface area contributed by atoms with Crippen LogP contribution in [0.5, 0.6) is 0 Å². The van der Waals surface area contributed by atoms with Crippen molar-refractivity contribution in [2.24, 2.45) is 0 Å². The SMILES string of the molecule is O=C(NCC1COCCO1)c1cc(COCc2ccccc2)on1. The highest BCUT2D eigenvalue weighted by molar-refractivity contribution is 5.92. The summed E-state index contributed by atoms with van der Waals surface area (Å²) in [5.74, 6) is 0.204. The van der Waals surface area contributed by atoms with Crippen LogP contribution in [0.2, 0.25) is 0 Å². The van der Waals surface area contributed by atoms with Gasteiger partial charge in [-0.05, 0) is 5.56 Å². The summed E-state index contributed by atoms with van der Waals surface area (Å²) >= 11 is 0. The normalized spacial score (nSPS) is 17.6. The van der Waals surface area contributed by atoms with Gasteiger partial charge in [-0.25, -0.2) is 0 Å². The van der Waals surface area contributed by atoms with E-state index < -0.39 is 0 Å². The van der Waals surface area contributed by atoms with Crippen molar-refractivity contribution in [3.63, 3.8) is 0 Å². The van der Waals surface area contributed by atoms with Crippen LogP contribution in [0.1, 0.15) is 21.8 Å². The first-order valence-electron chi connectivity index (χ1n) is 7.86. The standard InChI is InChI=1S/C17H20N2O5/c20-17(18-9-15-12-21-6-7-23-15)16-8-14(24-19-16)11-22-10-13-4-2-1-3-5-13/h1-5,8,15H,6-7,9-12H2,(H,18,20). The zero-order chi connectivity index (χ0) is 16.6. The van der Waals surface area contributed by atoms with Gasteiger partial charge in [0, 0.05) is 12.6 Å². The zero-order valence-electron chi connectivity index (χ0n) is 13.3. The molecule has 7 nitrogen and oxygen atoms in total. The number of benzene rings is 1. The van der Waals surface area contributed by atoms with Crippen LogP contribution in [0, 0.1) is 0 Å². The summed E-state index contributed by atoms with van der Waals surface area (Å²) in [4.78, 5) is 12.0. The molecule has 3 rings (SSSR count). The van der Waals surface area contributed by atoms with Crippen molar-refractivity contribution in [2.45, 2.75) is 19.3 Å². The quantitative estimate of drug-likeness (QED) is 0.828. The monoisotopic (exact) mass is 332 g/mol. The first-order chi connectivity index (χ1) is 11.8. The van der Waals surface area contributed by atoms with E-state index in [4.69, 9.17) is 18.7 Å². The Morgan fingerprint density at radius 1 is 1.25 bits per heavy atom. The molecule has 0 saturated carbocycles. The lowest BCUT2D eigenvalue weighted by Gasteiger charge is -2.22. The third kappa shape index (κ3) is 4.89. The molecule has 0 spiro atoms. The number of ether oxygens (including phenoxy) is 3. The number of aromatic nitrogens is 1. The molecular formula is C17H20N2O5. The van der Waals surface area contributed by atoms with E-state index in [1.165, 1.54) is 0 Å². The summed E-state index contributed by atoms with van der Waals surface area (Å²) in [5.41, 5.74) is 1.30. The van der Waals surface area contributed by atoms with Gasteiger partial charge in [0.25, 0.3) is 5.91 Å². The minimum Gasteiger partial charge on any atom is -0.376 e. The van der Waals surface area contributed by atoms with Crippen LogP contribution in [0.15, 0.2) is 40.9 Å². The van der Waals surface area contributed by atoms with Crippen LogP contribution >= 0.6 is 0 Å². The fraction of sp³-hybridized carbons (Fsp3) is 0.412. The summed E-state index contributed by atoms with van der Waals surface area (Å²) in [6, 6.07) is 11.4. The fourth-order valence-electron chi connectivity index (χ4n) is 2.28. The second-order valence-corrected chi connectivity index (χ2v) is 5.43. The first kappa shape index (κ1) is 16.6. The molecule has 1 aliphatic heterocycles. The van der Waals surface area contributed by atoms with Crippen LogP contribution in [-0.4, -0.2) is 43.5 Å². The Kier molecular flexibility index (Phi) is 5.95. The van der Waals surface area contributed by atoms with Crippen molar-refractivity contribution in [1.29, 1.82) is 0 Å². The fourth-order valence-corrected chi connectivity index (χ4v) is 2.28. The van der Waals surface area contributed by atoms with Crippen LogP contribution in [0.25, 0.3) is 0 Å². The molecule has 1 amide bonds. The van der Waals surface area contributed by atoms with Gasteiger partial charge >= 0.3 is 0 Å². The lowest BCUT2D eigenvalue weighted by atomic mass is 10.2. The van der Waals surface area contributed by atoms with Crippen LogP contribution in [0.4, 0.5) is 0 Å². The average molecular weight is 332 g/mol. The molecule has 1 aliphatic rings. The Hall–Kier alpha value is -2.22. The molecule has 7 heteroatoms. The first-order valence-corrected chi connectivity index (χ1v) is 7.86. The highest BCUT2D eigenvalue weighted by atomic mass is 16.6. The second-order valence-electron chi connectivity index (χ2n) is 5.43. The predicted octanol–water partition coefficient (Wildman–Crippen LogP) is 1.54. The maximum atomic E-state index is 12.0. The average Bonchev–Trinajstić information content (AvgIpc) is 3.10. The lowest BCUT2D eigenvalue weighted by molar-refractivity contribution is -0.0855. The zero-order valence-corrected chi connectivity index (χ0v) is 13.3. The van der Waals surface area contributed by atoms with E-state index in [2.05, 4.69) is 10.5 Å². The summed E-state index contributed by atoms with van der Waals surface area (Å²) in [7, 11) is 0. The van der Waals surface area contributed by atoms with Gasteiger partial charge in [0.05, 0.1) is 32.5 Å². The van der Waals surface area contributed by atoms with Gasteiger partial charge in [0.1, 0.15) is 6.61 Å². The molecule has 1 N–H and O–H groups in total. The number of amides is 1. The number of nitrogens with zero attached hydrogens (tertiary/aromatic N) is 1. The maximum Gasteiger partial charge on any atom is 0.273 e. The van der Waals surface area contributed by atoms with E-state index in [1.54, 1.807) is 6.07 Å². The van der Waals surface area contributed by atoms with Crippen molar-refractivity contribution in [2.75, 3.05) is 26.4 Å². The van der Waals surface area contributed by atoms with Crippen molar-refractivity contribution in [3.8, 4) is 0 Å². The molecule has 24 heavy (non-hydrogen) atoms. The third-order valence-electron chi connectivity index (χ3n) is 3.52. The highest BCUT2D eigenvalue weighted by Gasteiger charge is 2.17. The Morgan fingerprint density at radius 3 is 2.92 bits per heavy atom. The van der Waals surface area contributed by atoms with Crippen LogP contribution < -0.4 is 5.32 Å². The summed E-state index contributed by atoms with van der Waals surface area (Å²) in [5, 5.41) is 6.52. The molecule has 128 valence electrons. The topological polar surface area (TPSA) is 82.8 Å². The number of hydrogen-bond donors (Lipinski definition) is 1. The highest BCUT2D eigenvalue weighted by Crippen LogP contribution is 2.08. The number of nitrogens with one attached hydrogen (secondary N) is 1. The second kappa shape index (κ2) is 8.58. The molecule has 1 atom stereocenters. The largest absolute Gasteiger partial charge is 0.376 e. The molecule has 1 aromatic carbocycles. The minimum absolute atomic E-state index is 0.122. The van der Waals surface area contributed by atoms with E-state index >= 15 is 0 Å². The van der Waals surface area contributed by atoms with E-state index in [-0.39, 0.29) is 24.3 Å². The molecule has 1 unspecified atom stereocenters. The summed E-state index contributed by atoms with van der Waals surface area (Å²) in [6.45, 7) is 2.74. The summed E-state index contributed by atoms with van der Waals surface area (Å²) in [6.07, 6.45) is -0.122. The van der Waals surface area contributed by atoms with Crippen molar-refractivity contribution < 1.29 is 23.5 Å². The molecule has 1 saturated heterocycles. The minimum atomic E-state index is -0.303. The lowest BCUT2D eigenvalue weighted by Crippen LogP contribution is -2.39. The number of rotatable bonds is 7. The maximum absolute atomic E-state index is 12.0. The Balaban J connectivity index is 1.41. The smallest absolute Gasteiger partial charge is 0.273 e. The van der Waals surface area contributed by atoms with Gasteiger partial charge < -0.3 is 24.1 Å².